The Morgan fingerprint density at radius 1 is 1.00 bits per heavy atom. The Kier molecular flexibility index (Phi) is 4.33. The molecule has 6 heteroatoms. The van der Waals surface area contributed by atoms with Crippen molar-refractivity contribution in [3.8, 4) is 0 Å². The number of rotatable bonds is 4. The van der Waals surface area contributed by atoms with Crippen LogP contribution in [0.15, 0.2) is 18.2 Å². The van der Waals surface area contributed by atoms with Gasteiger partial charge in [0.1, 0.15) is 5.41 Å². The van der Waals surface area contributed by atoms with E-state index in [0.717, 1.165) is 37.8 Å². The molecule has 0 atom stereocenters. The summed E-state index contributed by atoms with van der Waals surface area (Å²) >= 11 is 0. The molecule has 3 rings (SSSR count). The second kappa shape index (κ2) is 6.26. The van der Waals surface area contributed by atoms with Crippen LogP contribution in [0.4, 0.5) is 14.5 Å². The maximum atomic E-state index is 13.2. The second-order valence-electron chi connectivity index (χ2n) is 6.47. The van der Waals surface area contributed by atoms with E-state index in [0.29, 0.717) is 12.8 Å². The van der Waals surface area contributed by atoms with Gasteiger partial charge in [0.05, 0.1) is 0 Å². The van der Waals surface area contributed by atoms with Crippen LogP contribution in [0.1, 0.15) is 44.9 Å². The lowest BCUT2D eigenvalue weighted by Crippen LogP contribution is -2.45. The molecule has 124 valence electrons. The number of halogens is 2. The fourth-order valence-corrected chi connectivity index (χ4v) is 3.08. The van der Waals surface area contributed by atoms with Gasteiger partial charge in [0.15, 0.2) is 11.6 Å². The summed E-state index contributed by atoms with van der Waals surface area (Å²) < 4.78 is 26.1. The highest BCUT2D eigenvalue weighted by atomic mass is 19.2. The molecule has 0 bridgehead atoms. The van der Waals surface area contributed by atoms with Crippen LogP contribution in [-0.4, -0.2) is 17.9 Å². The SMILES string of the molecule is O=C(Nc1ccc(F)c(F)c1)C1(C(=O)NC2CCCCC2)CC1. The molecule has 2 amide bonds. The number of carbonyl (C=O) groups is 2. The van der Waals surface area contributed by atoms with Crippen molar-refractivity contribution >= 4 is 17.5 Å². The third-order valence-corrected chi connectivity index (χ3v) is 4.74. The second-order valence-corrected chi connectivity index (χ2v) is 6.47. The van der Waals surface area contributed by atoms with E-state index in [1.54, 1.807) is 0 Å². The zero-order valence-electron chi connectivity index (χ0n) is 12.8. The molecule has 0 heterocycles. The topological polar surface area (TPSA) is 58.2 Å². The molecule has 0 unspecified atom stereocenters. The maximum absolute atomic E-state index is 13.2. The lowest BCUT2D eigenvalue weighted by atomic mass is 9.94. The molecule has 2 aliphatic rings. The summed E-state index contributed by atoms with van der Waals surface area (Å²) in [7, 11) is 0. The molecule has 0 aliphatic heterocycles. The zero-order valence-corrected chi connectivity index (χ0v) is 12.8. The maximum Gasteiger partial charge on any atom is 0.240 e. The van der Waals surface area contributed by atoms with Crippen molar-refractivity contribution in [2.24, 2.45) is 5.41 Å². The lowest BCUT2D eigenvalue weighted by Gasteiger charge is -2.25. The number of amides is 2. The first kappa shape index (κ1) is 15.9. The van der Waals surface area contributed by atoms with Crippen molar-refractivity contribution < 1.29 is 18.4 Å². The van der Waals surface area contributed by atoms with Crippen molar-refractivity contribution in [3.05, 3.63) is 29.8 Å². The van der Waals surface area contributed by atoms with Crippen LogP contribution >= 0.6 is 0 Å². The zero-order chi connectivity index (χ0) is 16.4. The van der Waals surface area contributed by atoms with Gasteiger partial charge in [0, 0.05) is 17.8 Å². The van der Waals surface area contributed by atoms with E-state index in [1.807, 2.05) is 0 Å². The van der Waals surface area contributed by atoms with E-state index in [-0.39, 0.29) is 17.6 Å². The number of hydrogen-bond donors (Lipinski definition) is 2. The average molecular weight is 322 g/mol. The first-order valence-corrected chi connectivity index (χ1v) is 8.09. The van der Waals surface area contributed by atoms with E-state index >= 15 is 0 Å². The molecular weight excluding hydrogens is 302 g/mol. The number of hydrogen-bond acceptors (Lipinski definition) is 2. The molecule has 2 N–H and O–H groups in total. The highest BCUT2D eigenvalue weighted by Crippen LogP contribution is 2.47. The minimum atomic E-state index is -1.05. The molecule has 1 aromatic carbocycles. The molecular formula is C17H20F2N2O2. The highest BCUT2D eigenvalue weighted by molar-refractivity contribution is 6.13. The normalized spacial score (nSPS) is 19.9. The van der Waals surface area contributed by atoms with Crippen molar-refractivity contribution in [2.45, 2.75) is 51.0 Å². The van der Waals surface area contributed by atoms with Gasteiger partial charge in [-0.15, -0.1) is 0 Å². The quantitative estimate of drug-likeness (QED) is 0.837. The molecule has 0 spiro atoms. The molecule has 1 aromatic rings. The summed E-state index contributed by atoms with van der Waals surface area (Å²) in [6.07, 6.45) is 6.26. The third kappa shape index (κ3) is 3.35. The summed E-state index contributed by atoms with van der Waals surface area (Å²) in [5.74, 6) is -2.69. The van der Waals surface area contributed by atoms with Gasteiger partial charge in [-0.25, -0.2) is 8.78 Å². The van der Waals surface area contributed by atoms with Gasteiger partial charge in [-0.05, 0) is 37.8 Å². The predicted molar refractivity (Wildman–Crippen MR) is 81.7 cm³/mol. The van der Waals surface area contributed by atoms with E-state index in [4.69, 9.17) is 0 Å². The van der Waals surface area contributed by atoms with Crippen LogP contribution < -0.4 is 10.6 Å². The van der Waals surface area contributed by atoms with Crippen LogP contribution in [0.25, 0.3) is 0 Å². The van der Waals surface area contributed by atoms with Crippen molar-refractivity contribution in [1.29, 1.82) is 0 Å². The van der Waals surface area contributed by atoms with Gasteiger partial charge < -0.3 is 10.6 Å². The molecule has 4 nitrogen and oxygen atoms in total. The molecule has 0 radical (unpaired) electrons. The van der Waals surface area contributed by atoms with Gasteiger partial charge in [0.2, 0.25) is 11.8 Å². The summed E-state index contributed by atoms with van der Waals surface area (Å²) in [4.78, 5) is 24.8. The Morgan fingerprint density at radius 2 is 1.70 bits per heavy atom. The standard InChI is InChI=1S/C17H20F2N2O2/c18-13-7-6-12(10-14(13)19)21-16(23)17(8-9-17)15(22)20-11-4-2-1-3-5-11/h6-7,10-11H,1-5,8-9H2,(H,20,22)(H,21,23). The Hall–Kier alpha value is -1.98. The first-order valence-electron chi connectivity index (χ1n) is 8.09. The highest BCUT2D eigenvalue weighted by Gasteiger charge is 2.56. The number of benzene rings is 1. The number of nitrogens with one attached hydrogen (secondary N) is 2. The average Bonchev–Trinajstić information content (AvgIpc) is 3.34. The Bertz CT molecular complexity index is 623. The molecule has 0 saturated heterocycles. The van der Waals surface area contributed by atoms with Crippen molar-refractivity contribution in [3.63, 3.8) is 0 Å². The number of anilines is 1. The van der Waals surface area contributed by atoms with Gasteiger partial charge in [-0.1, -0.05) is 19.3 Å². The van der Waals surface area contributed by atoms with Crippen LogP contribution in [-0.2, 0) is 9.59 Å². The predicted octanol–water partition coefficient (Wildman–Crippen LogP) is 3.13. The molecule has 2 aliphatic carbocycles. The van der Waals surface area contributed by atoms with Crippen LogP contribution in [0.5, 0.6) is 0 Å². The van der Waals surface area contributed by atoms with Crippen LogP contribution in [0.2, 0.25) is 0 Å². The molecule has 2 saturated carbocycles. The summed E-state index contributed by atoms with van der Waals surface area (Å²) in [5, 5.41) is 5.50. The van der Waals surface area contributed by atoms with Gasteiger partial charge >= 0.3 is 0 Å². The fourth-order valence-electron chi connectivity index (χ4n) is 3.08. The van der Waals surface area contributed by atoms with E-state index in [9.17, 15) is 18.4 Å². The van der Waals surface area contributed by atoms with E-state index < -0.39 is 23.0 Å². The molecule has 2 fully saturated rings. The smallest absolute Gasteiger partial charge is 0.240 e. The van der Waals surface area contributed by atoms with Crippen molar-refractivity contribution in [1.82, 2.24) is 5.32 Å². The number of carbonyl (C=O) groups excluding carboxylic acids is 2. The van der Waals surface area contributed by atoms with Gasteiger partial charge in [0.25, 0.3) is 0 Å². The Morgan fingerprint density at radius 3 is 2.30 bits per heavy atom. The van der Waals surface area contributed by atoms with E-state index in [1.165, 1.54) is 12.5 Å². The minimum absolute atomic E-state index is 0.143. The summed E-state index contributed by atoms with van der Waals surface area (Å²) in [5.41, 5.74) is -0.895. The largest absolute Gasteiger partial charge is 0.352 e. The van der Waals surface area contributed by atoms with Gasteiger partial charge in [-0.2, -0.15) is 0 Å². The van der Waals surface area contributed by atoms with Crippen molar-refractivity contribution in [2.75, 3.05) is 5.32 Å². The van der Waals surface area contributed by atoms with Gasteiger partial charge in [-0.3, -0.25) is 9.59 Å². The Balaban J connectivity index is 1.63. The summed E-state index contributed by atoms with van der Waals surface area (Å²) in [6, 6.07) is 3.30. The fraction of sp³-hybridized carbons (Fsp3) is 0.529. The molecule has 0 aromatic heterocycles. The Labute approximate surface area is 133 Å². The monoisotopic (exact) mass is 322 g/mol. The minimum Gasteiger partial charge on any atom is -0.352 e. The van der Waals surface area contributed by atoms with E-state index in [2.05, 4.69) is 10.6 Å². The molecule has 23 heavy (non-hydrogen) atoms. The lowest BCUT2D eigenvalue weighted by molar-refractivity contribution is -0.135. The van der Waals surface area contributed by atoms with Crippen LogP contribution in [0.3, 0.4) is 0 Å². The van der Waals surface area contributed by atoms with Crippen LogP contribution in [0, 0.1) is 17.0 Å². The summed E-state index contributed by atoms with van der Waals surface area (Å²) in [6.45, 7) is 0. The third-order valence-electron chi connectivity index (χ3n) is 4.74. The first-order chi connectivity index (χ1) is 11.0.